The van der Waals surface area contributed by atoms with Crippen LogP contribution in [0.5, 0.6) is 5.75 Å². The second-order valence-corrected chi connectivity index (χ2v) is 12.0. The summed E-state index contributed by atoms with van der Waals surface area (Å²) in [5, 5.41) is 2.89. The van der Waals surface area contributed by atoms with Gasteiger partial charge in [0.2, 0.25) is 11.8 Å². The van der Waals surface area contributed by atoms with Crippen LogP contribution in [-0.2, 0) is 26.2 Å². The summed E-state index contributed by atoms with van der Waals surface area (Å²) in [7, 11) is -4.17. The Hall–Kier alpha value is -3.37. The number of benzene rings is 3. The third kappa shape index (κ3) is 8.08. The summed E-state index contributed by atoms with van der Waals surface area (Å²) in [5.74, 6) is -0.486. The van der Waals surface area contributed by atoms with E-state index < -0.39 is 28.5 Å². The molecule has 3 aromatic carbocycles. The summed E-state index contributed by atoms with van der Waals surface area (Å²) in [4.78, 5) is 28.5. The largest absolute Gasteiger partial charge is 0.492 e. The van der Waals surface area contributed by atoms with Crippen LogP contribution < -0.4 is 14.4 Å². The third-order valence-electron chi connectivity index (χ3n) is 6.31. The van der Waals surface area contributed by atoms with Crippen molar-refractivity contribution >= 4 is 43.5 Å². The van der Waals surface area contributed by atoms with Crippen molar-refractivity contribution < 1.29 is 22.7 Å². The van der Waals surface area contributed by atoms with Gasteiger partial charge in [0.05, 0.1) is 17.2 Å². The molecule has 1 unspecified atom stereocenters. The number of unbranched alkanes of at least 4 members (excludes halogenated alkanes) is 1. The lowest BCUT2D eigenvalue weighted by molar-refractivity contribution is -0.139. The smallest absolute Gasteiger partial charge is 0.264 e. The minimum absolute atomic E-state index is 0.0407. The maximum atomic E-state index is 14.0. The van der Waals surface area contributed by atoms with Crippen molar-refractivity contribution in [2.24, 2.45) is 0 Å². The lowest BCUT2D eigenvalue weighted by Gasteiger charge is -2.32. The van der Waals surface area contributed by atoms with Crippen molar-refractivity contribution in [2.45, 2.75) is 51.1 Å². The van der Waals surface area contributed by atoms with Crippen LogP contribution in [-0.4, -0.2) is 50.9 Å². The fourth-order valence-electron chi connectivity index (χ4n) is 4.08. The number of halogens is 1. The molecule has 2 amide bonds. The zero-order chi connectivity index (χ0) is 29.1. The van der Waals surface area contributed by atoms with Crippen LogP contribution in [0.3, 0.4) is 0 Å². The fourth-order valence-corrected chi connectivity index (χ4v) is 5.79. The lowest BCUT2D eigenvalue weighted by atomic mass is 10.1. The van der Waals surface area contributed by atoms with Crippen LogP contribution in [0.1, 0.15) is 39.2 Å². The third-order valence-corrected chi connectivity index (χ3v) is 8.61. The SMILES string of the molecule is CCCCNC(=O)C(C)N(Cc1ccc(Br)cc1)C(=O)CN(c1ccccc1OCC)S(=O)(=O)c1ccccc1. The molecule has 0 heterocycles. The first kappa shape index (κ1) is 31.2. The highest BCUT2D eigenvalue weighted by atomic mass is 79.9. The minimum atomic E-state index is -4.17. The summed E-state index contributed by atoms with van der Waals surface area (Å²) in [6.07, 6.45) is 1.73. The molecule has 0 saturated heterocycles. The van der Waals surface area contributed by atoms with Gasteiger partial charge in [0, 0.05) is 17.6 Å². The zero-order valence-electron chi connectivity index (χ0n) is 23.0. The first-order valence-corrected chi connectivity index (χ1v) is 15.5. The van der Waals surface area contributed by atoms with Crippen LogP contribution in [0.15, 0.2) is 88.2 Å². The van der Waals surface area contributed by atoms with E-state index in [4.69, 9.17) is 4.74 Å². The highest BCUT2D eigenvalue weighted by Crippen LogP contribution is 2.33. The summed E-state index contributed by atoms with van der Waals surface area (Å²) >= 11 is 3.42. The Morgan fingerprint density at radius 3 is 2.25 bits per heavy atom. The number of hydrogen-bond acceptors (Lipinski definition) is 5. The molecule has 0 aliphatic carbocycles. The maximum absolute atomic E-state index is 14.0. The van der Waals surface area contributed by atoms with Gasteiger partial charge in [0.15, 0.2) is 0 Å². The van der Waals surface area contributed by atoms with Gasteiger partial charge in [-0.05, 0) is 62.2 Å². The van der Waals surface area contributed by atoms with E-state index >= 15 is 0 Å². The molecule has 0 radical (unpaired) electrons. The molecule has 1 N–H and O–H groups in total. The molecular formula is C30H36BrN3O5S. The van der Waals surface area contributed by atoms with Crippen molar-refractivity contribution in [3.63, 3.8) is 0 Å². The monoisotopic (exact) mass is 629 g/mol. The maximum Gasteiger partial charge on any atom is 0.264 e. The Bertz CT molecular complexity index is 1370. The summed E-state index contributed by atoms with van der Waals surface area (Å²) in [6.45, 7) is 5.90. The molecule has 40 heavy (non-hydrogen) atoms. The average molecular weight is 631 g/mol. The number of nitrogens with zero attached hydrogens (tertiary/aromatic N) is 2. The normalized spacial score (nSPS) is 11.9. The molecule has 0 aliphatic rings. The molecule has 1 atom stereocenters. The van der Waals surface area contributed by atoms with Gasteiger partial charge in [-0.2, -0.15) is 0 Å². The molecule has 3 aromatic rings. The van der Waals surface area contributed by atoms with Gasteiger partial charge in [0.1, 0.15) is 18.3 Å². The number of sulfonamides is 1. The minimum Gasteiger partial charge on any atom is -0.492 e. The predicted molar refractivity (Wildman–Crippen MR) is 161 cm³/mol. The van der Waals surface area contributed by atoms with Crippen LogP contribution in [0.4, 0.5) is 5.69 Å². The van der Waals surface area contributed by atoms with Gasteiger partial charge in [-0.3, -0.25) is 13.9 Å². The number of nitrogens with one attached hydrogen (secondary N) is 1. The first-order valence-electron chi connectivity index (χ1n) is 13.3. The van der Waals surface area contributed by atoms with E-state index in [0.717, 1.165) is 27.2 Å². The molecule has 0 aromatic heterocycles. The fraction of sp³-hybridized carbons (Fsp3) is 0.333. The van der Waals surface area contributed by atoms with Crippen LogP contribution in [0, 0.1) is 0 Å². The summed E-state index contributed by atoms with van der Waals surface area (Å²) < 4.78 is 35.6. The predicted octanol–water partition coefficient (Wildman–Crippen LogP) is 5.38. The molecule has 214 valence electrons. The van der Waals surface area contributed by atoms with Gasteiger partial charge < -0.3 is 15.0 Å². The van der Waals surface area contributed by atoms with E-state index in [9.17, 15) is 18.0 Å². The topological polar surface area (TPSA) is 96.0 Å². The van der Waals surface area contributed by atoms with E-state index in [1.807, 2.05) is 31.2 Å². The summed E-state index contributed by atoms with van der Waals surface area (Å²) in [5.41, 5.74) is 1.04. The average Bonchev–Trinajstić information content (AvgIpc) is 2.96. The van der Waals surface area contributed by atoms with E-state index in [-0.39, 0.29) is 23.0 Å². The molecule has 3 rings (SSSR count). The molecule has 0 spiro atoms. The molecule has 8 nitrogen and oxygen atoms in total. The van der Waals surface area contributed by atoms with Crippen molar-refractivity contribution in [1.29, 1.82) is 0 Å². The zero-order valence-corrected chi connectivity index (χ0v) is 25.4. The van der Waals surface area contributed by atoms with Gasteiger partial charge >= 0.3 is 0 Å². The molecule has 10 heteroatoms. The van der Waals surface area contributed by atoms with E-state index in [1.54, 1.807) is 56.3 Å². The number of amides is 2. The standard InChI is InChI=1S/C30H36BrN3O5S/c1-4-6-20-32-30(36)23(3)33(21-24-16-18-25(31)19-17-24)29(35)22-34(27-14-10-11-15-28(27)39-5-2)40(37,38)26-12-8-7-9-13-26/h7-19,23H,4-6,20-22H2,1-3H3,(H,32,36). The highest BCUT2D eigenvalue weighted by molar-refractivity contribution is 9.10. The number of anilines is 1. The summed E-state index contributed by atoms with van der Waals surface area (Å²) in [6, 6.07) is 21.3. The Kier molecular flexibility index (Phi) is 11.6. The van der Waals surface area contributed by atoms with Crippen molar-refractivity contribution in [1.82, 2.24) is 10.2 Å². The lowest BCUT2D eigenvalue weighted by Crippen LogP contribution is -2.51. The van der Waals surface area contributed by atoms with E-state index in [0.29, 0.717) is 18.9 Å². The Morgan fingerprint density at radius 1 is 0.950 bits per heavy atom. The second kappa shape index (κ2) is 14.9. The van der Waals surface area contributed by atoms with Gasteiger partial charge in [-0.15, -0.1) is 0 Å². The quantitative estimate of drug-likeness (QED) is 0.242. The molecular weight excluding hydrogens is 594 g/mol. The van der Waals surface area contributed by atoms with Gasteiger partial charge in [0.25, 0.3) is 10.0 Å². The number of ether oxygens (including phenoxy) is 1. The number of para-hydroxylation sites is 2. The van der Waals surface area contributed by atoms with Gasteiger partial charge in [-0.25, -0.2) is 8.42 Å². The highest BCUT2D eigenvalue weighted by Gasteiger charge is 2.33. The van der Waals surface area contributed by atoms with Crippen LogP contribution in [0.25, 0.3) is 0 Å². The van der Waals surface area contributed by atoms with E-state index in [1.165, 1.54) is 17.0 Å². The Labute approximate surface area is 245 Å². The van der Waals surface area contributed by atoms with E-state index in [2.05, 4.69) is 21.2 Å². The second-order valence-electron chi connectivity index (χ2n) is 9.19. The first-order chi connectivity index (χ1) is 19.2. The number of hydrogen-bond donors (Lipinski definition) is 1. The van der Waals surface area contributed by atoms with Gasteiger partial charge in [-0.1, -0.05) is 71.7 Å². The van der Waals surface area contributed by atoms with Crippen molar-refractivity contribution in [3.05, 3.63) is 88.9 Å². The van der Waals surface area contributed by atoms with Crippen LogP contribution in [0.2, 0.25) is 0 Å². The number of carbonyl (C=O) groups is 2. The molecule has 0 fully saturated rings. The number of rotatable bonds is 14. The molecule has 0 saturated carbocycles. The molecule has 0 bridgehead atoms. The van der Waals surface area contributed by atoms with Crippen LogP contribution >= 0.6 is 15.9 Å². The Balaban J connectivity index is 2.03. The van der Waals surface area contributed by atoms with Crippen molar-refractivity contribution in [3.8, 4) is 5.75 Å². The number of carbonyl (C=O) groups excluding carboxylic acids is 2. The Morgan fingerprint density at radius 2 is 1.60 bits per heavy atom. The molecule has 0 aliphatic heterocycles. The van der Waals surface area contributed by atoms with Crippen molar-refractivity contribution in [2.75, 3.05) is 24.0 Å².